The first-order chi connectivity index (χ1) is 11.9. The van der Waals surface area contributed by atoms with E-state index >= 15 is 0 Å². The molecule has 0 fully saturated rings. The average molecular weight is 387 g/mol. The molecule has 1 atom stereocenters. The van der Waals surface area contributed by atoms with Crippen molar-refractivity contribution >= 4 is 9.47 Å². The van der Waals surface area contributed by atoms with Crippen LogP contribution in [0.15, 0.2) is 12.1 Å². The molecule has 0 aliphatic heterocycles. The van der Waals surface area contributed by atoms with Crippen LogP contribution in [0.25, 0.3) is 0 Å². The fourth-order valence-electron chi connectivity index (χ4n) is 1.95. The number of phenolic OH excluding ortho intramolecular Hbond substituents is 1. The van der Waals surface area contributed by atoms with Gasteiger partial charge in [0.05, 0.1) is 0 Å². The predicted molar refractivity (Wildman–Crippen MR) is 124 cm³/mol. The fraction of sp³-hybridized carbons (Fsp3) is 0.739. The average Bonchev–Trinajstić information content (AvgIpc) is 2.58. The Hall–Kier alpha value is -0.590. The fourth-order valence-corrected chi connectivity index (χ4v) is 1.95. The number of aryl methyl sites for hydroxylation is 1. The molecule has 0 heterocycles. The van der Waals surface area contributed by atoms with Gasteiger partial charge in [-0.3, -0.25) is 0 Å². The molecular weight excluding hydrogens is 339 g/mol. The molecule has 1 aromatic carbocycles. The minimum absolute atomic E-state index is 0.0192. The molecule has 156 valence electrons. The zero-order valence-electron chi connectivity index (χ0n) is 19.7. The molecule has 1 N–H and O–H groups in total. The second-order valence-corrected chi connectivity index (χ2v) is 8.17. The van der Waals surface area contributed by atoms with Gasteiger partial charge in [-0.05, 0) is 47.8 Å². The second-order valence-electron chi connectivity index (χ2n) is 7.84. The van der Waals surface area contributed by atoms with E-state index in [9.17, 15) is 5.11 Å². The van der Waals surface area contributed by atoms with E-state index < -0.39 is 0 Å². The first-order valence-electron chi connectivity index (χ1n) is 10.1. The summed E-state index contributed by atoms with van der Waals surface area (Å²) in [5.74, 6) is 0.452. The van der Waals surface area contributed by atoms with Gasteiger partial charge in [0.1, 0.15) is 5.75 Å². The quantitative estimate of drug-likeness (QED) is 0.534. The summed E-state index contributed by atoms with van der Waals surface area (Å²) < 4.78 is 4.46. The molecule has 0 bridgehead atoms. The van der Waals surface area contributed by atoms with Gasteiger partial charge < -0.3 is 9.63 Å². The Balaban J connectivity index is -0.000000495. The number of aromatic hydroxyl groups is 1. The molecule has 0 aliphatic rings. The van der Waals surface area contributed by atoms with E-state index in [1.807, 2.05) is 27.7 Å². The lowest BCUT2D eigenvalue weighted by Crippen LogP contribution is -2.19. The van der Waals surface area contributed by atoms with Crippen molar-refractivity contribution in [1.29, 1.82) is 0 Å². The molecule has 0 saturated heterocycles. The number of hydrogen-bond acceptors (Lipinski definition) is 2. The van der Waals surface area contributed by atoms with Crippen LogP contribution in [0.3, 0.4) is 0 Å². The van der Waals surface area contributed by atoms with Crippen LogP contribution < -0.4 is 0 Å². The summed E-state index contributed by atoms with van der Waals surface area (Å²) >= 11 is 0. The third-order valence-corrected chi connectivity index (χ3v) is 4.27. The maximum Gasteiger partial charge on any atom is 0.122 e. The summed E-state index contributed by atoms with van der Waals surface area (Å²) in [6.45, 7) is 26.1. The molecule has 3 heteroatoms. The van der Waals surface area contributed by atoms with Crippen LogP contribution in [0, 0.1) is 6.92 Å². The van der Waals surface area contributed by atoms with Gasteiger partial charge in [0.2, 0.25) is 0 Å². The summed E-state index contributed by atoms with van der Waals surface area (Å²) in [6.07, 6.45) is 2.35. The van der Waals surface area contributed by atoms with Crippen LogP contribution >= 0.6 is 9.47 Å². The number of rotatable bonds is 3. The zero-order chi connectivity index (χ0) is 21.6. The van der Waals surface area contributed by atoms with E-state index in [1.54, 1.807) is 0 Å². The Morgan fingerprint density at radius 2 is 1.35 bits per heavy atom. The Bertz CT molecular complexity index is 458. The van der Waals surface area contributed by atoms with Crippen molar-refractivity contribution in [2.75, 3.05) is 6.61 Å². The van der Waals surface area contributed by atoms with E-state index in [2.05, 4.69) is 81.5 Å². The van der Waals surface area contributed by atoms with Gasteiger partial charge in [-0.15, -0.1) is 0 Å². The topological polar surface area (TPSA) is 29.5 Å². The largest absolute Gasteiger partial charge is 0.507 e. The molecule has 0 aliphatic carbocycles. The van der Waals surface area contributed by atoms with E-state index in [4.69, 9.17) is 0 Å². The van der Waals surface area contributed by atoms with Crippen LogP contribution in [0.5, 0.6) is 5.75 Å². The lowest BCUT2D eigenvalue weighted by Gasteiger charge is -2.28. The lowest BCUT2D eigenvalue weighted by molar-refractivity contribution is 0.400. The molecule has 0 spiro atoms. The highest BCUT2D eigenvalue weighted by Crippen LogP contribution is 2.38. The molecule has 1 unspecified atom stereocenters. The van der Waals surface area contributed by atoms with Gasteiger partial charge in [0.15, 0.2) is 0 Å². The van der Waals surface area contributed by atoms with Gasteiger partial charge in [-0.25, -0.2) is 0 Å². The Labute approximate surface area is 167 Å². The van der Waals surface area contributed by atoms with Gasteiger partial charge in [0.25, 0.3) is 0 Å². The van der Waals surface area contributed by atoms with Gasteiger partial charge in [0, 0.05) is 16.1 Å². The number of hydrogen-bond donors (Lipinski definition) is 1. The maximum atomic E-state index is 10.2. The van der Waals surface area contributed by atoms with Crippen molar-refractivity contribution in [2.45, 2.75) is 107 Å². The van der Waals surface area contributed by atoms with Crippen molar-refractivity contribution in [3.63, 3.8) is 0 Å². The molecular formula is C23H47O2P. The summed E-state index contributed by atoms with van der Waals surface area (Å²) in [4.78, 5) is 0. The third-order valence-electron chi connectivity index (χ3n) is 3.94. The first kappa shape index (κ1) is 30.1. The number of benzene rings is 1. The maximum absolute atomic E-state index is 10.2. The molecule has 1 rings (SSSR count). The standard InChI is InChI=1S/C16H26O.C3H8.C2H7OP.C2H6/c1-8-16(6,7)12-9-11(2)14(17)13(10-12)15(3,4)5;1-3-2;1-2-3-4;1-2/h9-10,17H,8H2,1-7H3;3H2,1-2H3;2,4H2,1H3;1-2H3. The Morgan fingerprint density at radius 3 is 1.62 bits per heavy atom. The number of phenols is 1. The highest BCUT2D eigenvalue weighted by molar-refractivity contribution is 7.09. The van der Waals surface area contributed by atoms with Crippen molar-refractivity contribution < 1.29 is 9.63 Å². The van der Waals surface area contributed by atoms with E-state index in [-0.39, 0.29) is 10.8 Å². The van der Waals surface area contributed by atoms with Crippen molar-refractivity contribution in [1.82, 2.24) is 0 Å². The monoisotopic (exact) mass is 386 g/mol. The molecule has 0 aromatic heterocycles. The SMILES string of the molecule is CC.CCC.CCC(C)(C)c1cc(C)c(O)c(C(C)(C)C)c1.CCOP. The van der Waals surface area contributed by atoms with Gasteiger partial charge in [-0.1, -0.05) is 87.8 Å². The van der Waals surface area contributed by atoms with Crippen LogP contribution in [0.4, 0.5) is 0 Å². The molecule has 0 amide bonds. The van der Waals surface area contributed by atoms with Crippen molar-refractivity contribution in [2.24, 2.45) is 0 Å². The van der Waals surface area contributed by atoms with Gasteiger partial charge in [-0.2, -0.15) is 0 Å². The van der Waals surface area contributed by atoms with Crippen LogP contribution in [-0.2, 0) is 15.4 Å². The Morgan fingerprint density at radius 1 is 0.962 bits per heavy atom. The van der Waals surface area contributed by atoms with Crippen LogP contribution in [-0.4, -0.2) is 11.7 Å². The van der Waals surface area contributed by atoms with Gasteiger partial charge >= 0.3 is 0 Å². The van der Waals surface area contributed by atoms with Crippen molar-refractivity contribution in [3.8, 4) is 5.75 Å². The molecule has 1 aromatic rings. The van der Waals surface area contributed by atoms with Crippen molar-refractivity contribution in [3.05, 3.63) is 28.8 Å². The van der Waals surface area contributed by atoms with E-state index in [0.29, 0.717) is 5.75 Å². The minimum atomic E-state index is -0.0192. The van der Waals surface area contributed by atoms with E-state index in [1.165, 1.54) is 12.0 Å². The molecule has 26 heavy (non-hydrogen) atoms. The predicted octanol–water partition coefficient (Wildman–Crippen LogP) is 7.94. The lowest BCUT2D eigenvalue weighted by atomic mass is 9.77. The molecule has 2 nitrogen and oxygen atoms in total. The normalized spacial score (nSPS) is 10.5. The summed E-state index contributed by atoms with van der Waals surface area (Å²) in [5.41, 5.74) is 3.50. The highest BCUT2D eigenvalue weighted by atomic mass is 31.0. The molecule has 0 radical (unpaired) electrons. The smallest absolute Gasteiger partial charge is 0.122 e. The zero-order valence-corrected chi connectivity index (χ0v) is 20.9. The summed E-state index contributed by atoms with van der Waals surface area (Å²) in [5, 5.41) is 10.2. The first-order valence-corrected chi connectivity index (χ1v) is 10.6. The van der Waals surface area contributed by atoms with Crippen LogP contribution in [0.1, 0.15) is 106 Å². The van der Waals surface area contributed by atoms with Crippen LogP contribution in [0.2, 0.25) is 0 Å². The minimum Gasteiger partial charge on any atom is -0.507 e. The second kappa shape index (κ2) is 15.5. The summed E-state index contributed by atoms with van der Waals surface area (Å²) in [7, 11) is 2.16. The Kier molecular flexibility index (Phi) is 17.9. The molecule has 0 saturated carbocycles. The summed E-state index contributed by atoms with van der Waals surface area (Å²) in [6, 6.07) is 4.29. The van der Waals surface area contributed by atoms with E-state index in [0.717, 1.165) is 24.2 Å². The highest BCUT2D eigenvalue weighted by Gasteiger charge is 2.25. The third kappa shape index (κ3) is 11.9.